The van der Waals surface area contributed by atoms with E-state index in [1.54, 1.807) is 12.3 Å². The number of pyridine rings is 1. The summed E-state index contributed by atoms with van der Waals surface area (Å²) in [6.07, 6.45) is 3.59. The Hall–Kier alpha value is -3.34. The number of hydrogen-bond donors (Lipinski definition) is 3. The van der Waals surface area contributed by atoms with Gasteiger partial charge in [-0.15, -0.1) is 0 Å². The van der Waals surface area contributed by atoms with Gasteiger partial charge in [-0.1, -0.05) is 50.6 Å². The van der Waals surface area contributed by atoms with Gasteiger partial charge in [0.05, 0.1) is 60.2 Å². The number of halogens is 2. The molecule has 0 radical (unpaired) electrons. The molecular formula is C28H34Cl2N6O4. The van der Waals surface area contributed by atoms with Crippen LogP contribution in [-0.2, 0) is 9.53 Å². The van der Waals surface area contributed by atoms with Crippen LogP contribution < -0.4 is 25.4 Å². The standard InChI is InChI=1S/C28H34Cl2N6O4/c1-7-22(37)34-16-8-9-40-13-18(16)33-21-10-15-17(12-31-21)35-27(36-26(15)32-14-28(2,3)4)23-24(29)19(38-5)11-20(39-6)25(23)30/h7,10-12,16,18H,1,8-9,13-14H2,2-6H3,(H,31,33)(H,34,37)(H,32,35,36)/t16-,18+/m0/s1. The number of benzene rings is 1. The van der Waals surface area contributed by atoms with Crippen molar-refractivity contribution in [3.63, 3.8) is 0 Å². The van der Waals surface area contributed by atoms with Crippen molar-refractivity contribution in [2.75, 3.05) is 44.6 Å². The van der Waals surface area contributed by atoms with E-state index in [0.717, 1.165) is 5.39 Å². The number of rotatable bonds is 9. The highest BCUT2D eigenvalue weighted by atomic mass is 35.5. The maximum absolute atomic E-state index is 12.0. The fourth-order valence-corrected chi connectivity index (χ4v) is 4.94. The van der Waals surface area contributed by atoms with Crippen molar-refractivity contribution in [2.24, 2.45) is 5.41 Å². The molecule has 2 aromatic heterocycles. The highest BCUT2D eigenvalue weighted by molar-refractivity contribution is 6.41. The summed E-state index contributed by atoms with van der Waals surface area (Å²) in [7, 11) is 3.03. The van der Waals surface area contributed by atoms with Crippen molar-refractivity contribution in [1.29, 1.82) is 0 Å². The monoisotopic (exact) mass is 588 g/mol. The van der Waals surface area contributed by atoms with Crippen LogP contribution in [0.15, 0.2) is 31.0 Å². The minimum absolute atomic E-state index is 0.0317. The molecule has 3 aromatic rings. The first kappa shape index (κ1) is 29.6. The van der Waals surface area contributed by atoms with E-state index in [0.29, 0.717) is 66.2 Å². The number of carbonyl (C=O) groups excluding carboxylic acids is 1. The first-order chi connectivity index (χ1) is 19.0. The molecule has 12 heteroatoms. The number of hydrogen-bond acceptors (Lipinski definition) is 9. The molecule has 1 saturated heterocycles. The van der Waals surface area contributed by atoms with Crippen molar-refractivity contribution in [3.8, 4) is 22.9 Å². The quantitative estimate of drug-likeness (QED) is 0.284. The van der Waals surface area contributed by atoms with E-state index in [-0.39, 0.29) is 33.5 Å². The van der Waals surface area contributed by atoms with Crippen LogP contribution in [0.25, 0.3) is 22.3 Å². The fraction of sp³-hybridized carbons (Fsp3) is 0.429. The summed E-state index contributed by atoms with van der Waals surface area (Å²) in [5.74, 6) is 2.02. The molecule has 0 aliphatic carbocycles. The lowest BCUT2D eigenvalue weighted by Gasteiger charge is -2.32. The Balaban J connectivity index is 1.79. The van der Waals surface area contributed by atoms with Gasteiger partial charge in [0.1, 0.15) is 23.1 Å². The maximum Gasteiger partial charge on any atom is 0.243 e. The van der Waals surface area contributed by atoms with Crippen LogP contribution in [0.2, 0.25) is 10.0 Å². The topological polar surface area (TPSA) is 120 Å². The fourth-order valence-electron chi connectivity index (χ4n) is 4.27. The average molecular weight is 590 g/mol. The van der Waals surface area contributed by atoms with Crippen LogP contribution in [0.5, 0.6) is 11.5 Å². The number of nitrogens with zero attached hydrogens (tertiary/aromatic N) is 3. The SMILES string of the molecule is C=CC(=O)N[C@H]1CCOC[C@H]1Nc1cc2c(NCC(C)(C)C)nc(-c3c(Cl)c(OC)cc(OC)c3Cl)nc2cn1. The second kappa shape index (κ2) is 12.4. The van der Waals surface area contributed by atoms with Crippen LogP contribution in [0, 0.1) is 5.41 Å². The molecule has 0 unspecified atom stereocenters. The van der Waals surface area contributed by atoms with Gasteiger partial charge >= 0.3 is 0 Å². The van der Waals surface area contributed by atoms with Gasteiger partial charge < -0.3 is 30.2 Å². The molecule has 2 atom stereocenters. The van der Waals surface area contributed by atoms with E-state index in [1.165, 1.54) is 20.3 Å². The van der Waals surface area contributed by atoms with E-state index >= 15 is 0 Å². The van der Waals surface area contributed by atoms with Gasteiger partial charge in [0.2, 0.25) is 5.91 Å². The molecule has 1 amide bonds. The van der Waals surface area contributed by atoms with E-state index in [9.17, 15) is 4.79 Å². The van der Waals surface area contributed by atoms with Gasteiger partial charge in [-0.3, -0.25) is 4.79 Å². The molecule has 40 heavy (non-hydrogen) atoms. The van der Waals surface area contributed by atoms with Gasteiger partial charge in [0.15, 0.2) is 5.82 Å². The third-order valence-electron chi connectivity index (χ3n) is 6.37. The Labute approximate surface area is 243 Å². The Morgan fingerprint density at radius 1 is 1.15 bits per heavy atom. The van der Waals surface area contributed by atoms with Crippen molar-refractivity contribution in [3.05, 3.63) is 41.0 Å². The van der Waals surface area contributed by atoms with Crippen LogP contribution in [0.3, 0.4) is 0 Å². The largest absolute Gasteiger partial charge is 0.495 e. The lowest BCUT2D eigenvalue weighted by molar-refractivity contribution is -0.117. The summed E-state index contributed by atoms with van der Waals surface area (Å²) in [4.78, 5) is 26.2. The number of anilines is 2. The smallest absolute Gasteiger partial charge is 0.243 e. The predicted octanol–water partition coefficient (Wildman–Crippen LogP) is 5.35. The molecule has 3 heterocycles. The van der Waals surface area contributed by atoms with Crippen molar-refractivity contribution in [1.82, 2.24) is 20.3 Å². The lowest BCUT2D eigenvalue weighted by atomic mass is 9.97. The molecule has 1 fully saturated rings. The summed E-state index contributed by atoms with van der Waals surface area (Å²) in [5, 5.41) is 11.1. The third kappa shape index (κ3) is 6.68. The van der Waals surface area contributed by atoms with Gasteiger partial charge in [0.25, 0.3) is 0 Å². The summed E-state index contributed by atoms with van der Waals surface area (Å²) >= 11 is 13.4. The van der Waals surface area contributed by atoms with Gasteiger partial charge in [-0.05, 0) is 24.0 Å². The molecule has 0 bridgehead atoms. The first-order valence-electron chi connectivity index (χ1n) is 12.8. The van der Waals surface area contributed by atoms with Crippen molar-refractivity contribution < 1.29 is 19.0 Å². The highest BCUT2D eigenvalue weighted by Crippen LogP contribution is 2.45. The second-order valence-corrected chi connectivity index (χ2v) is 11.4. The number of amides is 1. The minimum Gasteiger partial charge on any atom is -0.495 e. The Morgan fingerprint density at radius 2 is 1.85 bits per heavy atom. The van der Waals surface area contributed by atoms with Gasteiger partial charge in [0, 0.05) is 24.6 Å². The summed E-state index contributed by atoms with van der Waals surface area (Å²) in [6, 6.07) is 3.17. The van der Waals surface area contributed by atoms with Gasteiger partial charge in [-0.2, -0.15) is 0 Å². The molecule has 1 aliphatic rings. The predicted molar refractivity (Wildman–Crippen MR) is 159 cm³/mol. The molecule has 10 nitrogen and oxygen atoms in total. The van der Waals surface area contributed by atoms with E-state index in [2.05, 4.69) is 48.3 Å². The number of ether oxygens (including phenoxy) is 3. The molecule has 214 valence electrons. The molecule has 0 saturated carbocycles. The normalized spacial score (nSPS) is 17.3. The van der Waals surface area contributed by atoms with Crippen LogP contribution in [-0.4, -0.2) is 66.9 Å². The van der Waals surface area contributed by atoms with Crippen LogP contribution in [0.1, 0.15) is 27.2 Å². The van der Waals surface area contributed by atoms with E-state index in [1.807, 2.05) is 6.07 Å². The van der Waals surface area contributed by atoms with E-state index < -0.39 is 0 Å². The van der Waals surface area contributed by atoms with Gasteiger partial charge in [-0.25, -0.2) is 15.0 Å². The Morgan fingerprint density at radius 3 is 2.48 bits per heavy atom. The van der Waals surface area contributed by atoms with Crippen molar-refractivity contribution >= 4 is 51.6 Å². The number of fused-ring (bicyclic) bond motifs is 1. The molecule has 1 aliphatic heterocycles. The zero-order valence-electron chi connectivity index (χ0n) is 23.2. The maximum atomic E-state index is 12.0. The molecule has 1 aromatic carbocycles. The average Bonchev–Trinajstić information content (AvgIpc) is 2.92. The minimum atomic E-state index is -0.230. The molecule has 0 spiro atoms. The Kier molecular flexibility index (Phi) is 9.22. The second-order valence-electron chi connectivity index (χ2n) is 10.6. The summed E-state index contributed by atoms with van der Waals surface area (Å²) < 4.78 is 16.5. The number of nitrogens with one attached hydrogen (secondary N) is 3. The van der Waals surface area contributed by atoms with Crippen molar-refractivity contribution in [2.45, 2.75) is 39.3 Å². The third-order valence-corrected chi connectivity index (χ3v) is 7.12. The lowest BCUT2D eigenvalue weighted by Crippen LogP contribution is -2.52. The van der Waals surface area contributed by atoms with Crippen LogP contribution >= 0.6 is 23.2 Å². The molecule has 3 N–H and O–H groups in total. The zero-order valence-corrected chi connectivity index (χ0v) is 24.7. The Bertz CT molecular complexity index is 1380. The summed E-state index contributed by atoms with van der Waals surface area (Å²) in [5.41, 5.74) is 0.940. The first-order valence-corrected chi connectivity index (χ1v) is 13.6. The summed E-state index contributed by atoms with van der Waals surface area (Å²) in [6.45, 7) is 11.5. The van der Waals surface area contributed by atoms with Crippen LogP contribution in [0.4, 0.5) is 11.6 Å². The number of carbonyl (C=O) groups is 1. The number of methoxy groups -OCH3 is 2. The highest BCUT2D eigenvalue weighted by Gasteiger charge is 2.28. The number of aromatic nitrogens is 3. The molecular weight excluding hydrogens is 555 g/mol. The zero-order chi connectivity index (χ0) is 29.0. The molecule has 4 rings (SSSR count). The van der Waals surface area contributed by atoms with E-state index in [4.69, 9.17) is 47.4 Å².